The fraction of sp³-hybridized carbons (Fsp3) is 0.867. The van der Waals surface area contributed by atoms with E-state index in [2.05, 4.69) is 5.32 Å². The van der Waals surface area contributed by atoms with Crippen molar-refractivity contribution in [1.82, 2.24) is 10.2 Å². The lowest BCUT2D eigenvalue weighted by molar-refractivity contribution is -0.137. The van der Waals surface area contributed by atoms with Crippen LogP contribution in [0.15, 0.2) is 0 Å². The summed E-state index contributed by atoms with van der Waals surface area (Å²) < 4.78 is 5.16. The van der Waals surface area contributed by atoms with Gasteiger partial charge in [0.2, 0.25) is 11.8 Å². The van der Waals surface area contributed by atoms with Crippen molar-refractivity contribution >= 4 is 24.2 Å². The summed E-state index contributed by atoms with van der Waals surface area (Å²) in [5.41, 5.74) is 5.55. The van der Waals surface area contributed by atoms with Crippen LogP contribution in [-0.4, -0.2) is 56.1 Å². The van der Waals surface area contributed by atoms with Crippen LogP contribution in [0.2, 0.25) is 0 Å². The van der Waals surface area contributed by atoms with Crippen molar-refractivity contribution in [3.05, 3.63) is 0 Å². The van der Waals surface area contributed by atoms with E-state index in [4.69, 9.17) is 10.5 Å². The maximum Gasteiger partial charge on any atom is 0.225 e. The van der Waals surface area contributed by atoms with Gasteiger partial charge in [0.15, 0.2) is 0 Å². The number of nitrogens with one attached hydrogen (secondary N) is 1. The van der Waals surface area contributed by atoms with Crippen molar-refractivity contribution in [2.45, 2.75) is 38.2 Å². The lowest BCUT2D eigenvalue weighted by atomic mass is 9.96. The third kappa shape index (κ3) is 5.74. The Morgan fingerprint density at radius 2 is 2.09 bits per heavy atom. The van der Waals surface area contributed by atoms with Gasteiger partial charge in [-0.05, 0) is 31.6 Å². The van der Waals surface area contributed by atoms with Gasteiger partial charge in [0.25, 0.3) is 0 Å². The van der Waals surface area contributed by atoms with Crippen molar-refractivity contribution in [3.63, 3.8) is 0 Å². The number of halogens is 1. The molecule has 1 heterocycles. The first-order chi connectivity index (χ1) is 10.1. The number of piperidine rings is 1. The van der Waals surface area contributed by atoms with Crippen LogP contribution in [0.25, 0.3) is 0 Å². The molecule has 0 spiro atoms. The topological polar surface area (TPSA) is 84.7 Å². The summed E-state index contributed by atoms with van der Waals surface area (Å²) >= 11 is 0. The molecule has 7 heteroatoms. The normalized spacial score (nSPS) is 22.6. The summed E-state index contributed by atoms with van der Waals surface area (Å²) in [6.45, 7) is 2.38. The van der Waals surface area contributed by atoms with Gasteiger partial charge in [-0.15, -0.1) is 12.4 Å². The number of amides is 2. The number of methoxy groups -OCH3 is 1. The highest BCUT2D eigenvalue weighted by Crippen LogP contribution is 2.28. The van der Waals surface area contributed by atoms with E-state index in [1.165, 1.54) is 12.8 Å². The molecule has 6 nitrogen and oxygen atoms in total. The Bertz CT molecular complexity index is 373. The second kappa shape index (κ2) is 9.33. The number of hydrogen-bond acceptors (Lipinski definition) is 4. The molecule has 0 bridgehead atoms. The number of carbonyl (C=O) groups is 2. The lowest BCUT2D eigenvalue weighted by Gasteiger charge is -2.32. The number of carbonyl (C=O) groups excluding carboxylic acids is 2. The van der Waals surface area contributed by atoms with Gasteiger partial charge in [0, 0.05) is 33.3 Å². The fourth-order valence-electron chi connectivity index (χ4n) is 2.72. The van der Waals surface area contributed by atoms with Gasteiger partial charge in [-0.2, -0.15) is 0 Å². The van der Waals surface area contributed by atoms with E-state index in [-0.39, 0.29) is 36.2 Å². The molecule has 0 aromatic carbocycles. The zero-order valence-corrected chi connectivity index (χ0v) is 14.1. The second-order valence-corrected chi connectivity index (χ2v) is 6.16. The number of nitrogens with zero attached hydrogens (tertiary/aromatic N) is 1. The molecule has 2 atom stereocenters. The van der Waals surface area contributed by atoms with Crippen molar-refractivity contribution in [2.24, 2.45) is 17.6 Å². The predicted octanol–water partition coefficient (Wildman–Crippen LogP) is 0.537. The SMILES string of the molecule is COC(CN)CC(=O)N1CCCC(C(=O)NCC2CC2)C1.Cl. The van der Waals surface area contributed by atoms with E-state index in [9.17, 15) is 9.59 Å². The first kappa shape index (κ1) is 19.2. The Labute approximate surface area is 138 Å². The third-order valence-electron chi connectivity index (χ3n) is 4.41. The molecule has 1 saturated heterocycles. The van der Waals surface area contributed by atoms with Crippen molar-refractivity contribution < 1.29 is 14.3 Å². The zero-order valence-electron chi connectivity index (χ0n) is 13.3. The van der Waals surface area contributed by atoms with Crippen LogP contribution < -0.4 is 11.1 Å². The summed E-state index contributed by atoms with van der Waals surface area (Å²) in [6, 6.07) is 0. The molecule has 0 radical (unpaired) electrons. The number of rotatable bonds is 7. The molecule has 2 unspecified atom stereocenters. The molecule has 22 heavy (non-hydrogen) atoms. The van der Waals surface area contributed by atoms with Crippen LogP contribution in [0.3, 0.4) is 0 Å². The molecule has 0 aromatic heterocycles. The van der Waals surface area contributed by atoms with Crippen molar-refractivity contribution in [1.29, 1.82) is 0 Å². The van der Waals surface area contributed by atoms with Gasteiger partial charge in [0.05, 0.1) is 18.4 Å². The van der Waals surface area contributed by atoms with Crippen LogP contribution in [0.5, 0.6) is 0 Å². The van der Waals surface area contributed by atoms with Gasteiger partial charge in [0.1, 0.15) is 0 Å². The summed E-state index contributed by atoms with van der Waals surface area (Å²) in [7, 11) is 1.56. The van der Waals surface area contributed by atoms with Crippen LogP contribution >= 0.6 is 12.4 Å². The standard InChI is InChI=1S/C15H27N3O3.ClH/c1-21-13(8-16)7-14(19)18-6-2-3-12(10-18)15(20)17-9-11-4-5-11;/h11-13H,2-10,16H2,1H3,(H,17,20);1H. The molecule has 3 N–H and O–H groups in total. The van der Waals surface area contributed by atoms with E-state index in [1.807, 2.05) is 0 Å². The molecular formula is C15H28ClN3O3. The maximum absolute atomic E-state index is 12.2. The molecule has 1 aliphatic carbocycles. The molecule has 128 valence electrons. The maximum atomic E-state index is 12.2. The molecule has 2 fully saturated rings. The van der Waals surface area contributed by atoms with Gasteiger partial charge in [-0.25, -0.2) is 0 Å². The third-order valence-corrected chi connectivity index (χ3v) is 4.41. The molecular weight excluding hydrogens is 306 g/mol. The predicted molar refractivity (Wildman–Crippen MR) is 86.8 cm³/mol. The number of hydrogen-bond donors (Lipinski definition) is 2. The molecule has 2 aliphatic rings. The summed E-state index contributed by atoms with van der Waals surface area (Å²) in [6.07, 6.45) is 4.27. The van der Waals surface area contributed by atoms with Gasteiger partial charge in [-0.3, -0.25) is 9.59 Å². The lowest BCUT2D eigenvalue weighted by Crippen LogP contribution is -2.46. The quantitative estimate of drug-likeness (QED) is 0.712. The Hall–Kier alpha value is -0.850. The zero-order chi connectivity index (χ0) is 15.2. The van der Waals surface area contributed by atoms with E-state index in [0.29, 0.717) is 25.4 Å². The van der Waals surface area contributed by atoms with E-state index >= 15 is 0 Å². The Morgan fingerprint density at radius 1 is 1.36 bits per heavy atom. The highest BCUT2D eigenvalue weighted by atomic mass is 35.5. The second-order valence-electron chi connectivity index (χ2n) is 6.16. The summed E-state index contributed by atoms with van der Waals surface area (Å²) in [4.78, 5) is 26.2. The molecule has 2 rings (SSSR count). The first-order valence-electron chi connectivity index (χ1n) is 7.92. The summed E-state index contributed by atoms with van der Waals surface area (Å²) in [5.74, 6) is 0.746. The number of likely N-dealkylation sites (tertiary alicyclic amines) is 1. The average molecular weight is 334 g/mol. The smallest absolute Gasteiger partial charge is 0.225 e. The Kier molecular flexibility index (Phi) is 8.14. The highest BCUT2D eigenvalue weighted by molar-refractivity contribution is 5.85. The van der Waals surface area contributed by atoms with Gasteiger partial charge < -0.3 is 20.7 Å². The van der Waals surface area contributed by atoms with Crippen LogP contribution in [0, 0.1) is 11.8 Å². The monoisotopic (exact) mass is 333 g/mol. The number of nitrogens with two attached hydrogens (primary N) is 1. The molecule has 2 amide bonds. The molecule has 1 aliphatic heterocycles. The minimum absolute atomic E-state index is 0. The van der Waals surface area contributed by atoms with Crippen LogP contribution in [0.4, 0.5) is 0 Å². The largest absolute Gasteiger partial charge is 0.380 e. The van der Waals surface area contributed by atoms with Gasteiger partial charge >= 0.3 is 0 Å². The minimum Gasteiger partial charge on any atom is -0.380 e. The molecule has 1 saturated carbocycles. The van der Waals surface area contributed by atoms with Crippen LogP contribution in [0.1, 0.15) is 32.1 Å². The van der Waals surface area contributed by atoms with Crippen molar-refractivity contribution in [2.75, 3.05) is 33.3 Å². The van der Waals surface area contributed by atoms with E-state index in [0.717, 1.165) is 25.9 Å². The number of ether oxygens (including phenoxy) is 1. The minimum atomic E-state index is -0.235. The van der Waals surface area contributed by atoms with Gasteiger partial charge in [-0.1, -0.05) is 0 Å². The summed E-state index contributed by atoms with van der Waals surface area (Å²) in [5, 5.41) is 3.02. The Morgan fingerprint density at radius 3 is 2.68 bits per heavy atom. The highest BCUT2D eigenvalue weighted by Gasteiger charge is 2.30. The van der Waals surface area contributed by atoms with Crippen LogP contribution in [-0.2, 0) is 14.3 Å². The fourth-order valence-corrected chi connectivity index (χ4v) is 2.72. The first-order valence-corrected chi connectivity index (χ1v) is 7.92. The van der Waals surface area contributed by atoms with E-state index in [1.54, 1.807) is 12.0 Å². The average Bonchev–Trinajstić information content (AvgIpc) is 3.34. The van der Waals surface area contributed by atoms with E-state index < -0.39 is 0 Å². The molecule has 0 aromatic rings. The van der Waals surface area contributed by atoms with Crippen molar-refractivity contribution in [3.8, 4) is 0 Å². The Balaban J connectivity index is 0.00000242.